The van der Waals surface area contributed by atoms with Gasteiger partial charge in [-0.1, -0.05) is 55.8 Å². The van der Waals surface area contributed by atoms with Crippen LogP contribution in [0.15, 0.2) is 66.7 Å². The van der Waals surface area contributed by atoms with E-state index >= 15 is 0 Å². The number of rotatable bonds is 8. The second-order valence-corrected chi connectivity index (χ2v) is 11.2. The van der Waals surface area contributed by atoms with Crippen LogP contribution < -0.4 is 10.2 Å². The van der Waals surface area contributed by atoms with Crippen molar-refractivity contribution in [3.05, 3.63) is 95.1 Å². The number of hydrogen-bond donors (Lipinski definition) is 2. The fourth-order valence-electron chi connectivity index (χ4n) is 5.82. The first-order valence-corrected chi connectivity index (χ1v) is 14.4. The van der Waals surface area contributed by atoms with E-state index in [0.29, 0.717) is 16.8 Å². The molecule has 2 heterocycles. The van der Waals surface area contributed by atoms with Crippen molar-refractivity contribution in [2.45, 2.75) is 39.1 Å². The molecule has 2 atom stereocenters. The maximum atomic E-state index is 14.5. The topological polar surface area (TPSA) is 99.7 Å². The summed E-state index contributed by atoms with van der Waals surface area (Å²) in [6, 6.07) is 16.2. The summed E-state index contributed by atoms with van der Waals surface area (Å²) >= 11 is 0. The molecule has 0 aromatic heterocycles. The van der Waals surface area contributed by atoms with Gasteiger partial charge in [-0.05, 0) is 34.9 Å². The van der Waals surface area contributed by atoms with Gasteiger partial charge in [-0.15, -0.1) is 6.42 Å². The number of fused-ring (bicyclic) bond motifs is 1. The third kappa shape index (κ3) is 7.05. The number of piperazine rings is 1. The molecule has 10 nitrogen and oxygen atoms in total. The Balaban J connectivity index is 0.00000480. The summed E-state index contributed by atoms with van der Waals surface area (Å²) in [6.45, 7) is -0.279. The summed E-state index contributed by atoms with van der Waals surface area (Å²) in [4.78, 5) is 46.2. The van der Waals surface area contributed by atoms with Gasteiger partial charge in [0.15, 0.2) is 11.6 Å². The Hall–Kier alpha value is -5.15. The molecule has 0 unspecified atom stereocenters. The molecule has 3 aromatic carbocycles. The van der Waals surface area contributed by atoms with Crippen LogP contribution in [-0.2, 0) is 29.1 Å². The number of carbonyl (C=O) groups excluding carboxylic acids is 3. The number of phenolic OH excluding ortho intramolecular Hbond substituents is 1. The van der Waals surface area contributed by atoms with Crippen LogP contribution in [-0.4, -0.2) is 88.7 Å². The first kappa shape index (κ1) is 33.7. The van der Waals surface area contributed by atoms with E-state index in [0.717, 1.165) is 17.7 Å². The van der Waals surface area contributed by atoms with Crippen LogP contribution in [0.4, 0.5) is 19.3 Å². The van der Waals surface area contributed by atoms with Crippen molar-refractivity contribution >= 4 is 23.5 Å². The number of terminal acetylenes is 1. The lowest BCUT2D eigenvalue weighted by atomic mass is 9.98. The fraction of sp³-hybridized carbons (Fsp3) is 0.324. The van der Waals surface area contributed by atoms with E-state index in [4.69, 9.17) is 6.42 Å². The van der Waals surface area contributed by atoms with Crippen LogP contribution in [0.1, 0.15) is 24.1 Å². The lowest BCUT2D eigenvalue weighted by molar-refractivity contribution is -0.189. The van der Waals surface area contributed by atoms with Crippen molar-refractivity contribution in [1.82, 2.24) is 25.1 Å². The molecule has 242 valence electrons. The highest BCUT2D eigenvalue weighted by atomic mass is 19.2. The maximum Gasteiger partial charge on any atom is 0.334 e. The highest BCUT2D eigenvalue weighted by Gasteiger charge is 2.51. The van der Waals surface area contributed by atoms with Crippen molar-refractivity contribution in [3.8, 4) is 18.1 Å². The molecule has 3 aromatic rings. The summed E-state index contributed by atoms with van der Waals surface area (Å²) in [5.41, 5.74) is 2.27. The number of hydrazine groups is 1. The molecule has 5 rings (SSSR count). The lowest BCUT2D eigenvalue weighted by Gasteiger charge is -2.55. The van der Waals surface area contributed by atoms with Gasteiger partial charge in [0, 0.05) is 45.4 Å². The Bertz CT molecular complexity index is 1610. The molecule has 4 amide bonds. The monoisotopic (exact) mass is 632 g/mol. The summed E-state index contributed by atoms with van der Waals surface area (Å²) in [5, 5.41) is 15.5. The van der Waals surface area contributed by atoms with E-state index in [2.05, 4.69) is 11.2 Å². The number of urea groups is 1. The number of hydrogen-bond acceptors (Lipinski definition) is 6. The van der Waals surface area contributed by atoms with Crippen molar-refractivity contribution in [1.29, 1.82) is 0 Å². The quantitative estimate of drug-likeness (QED) is 0.369. The number of aromatic hydroxyl groups is 1. The van der Waals surface area contributed by atoms with Gasteiger partial charge in [0.05, 0.1) is 19.6 Å². The van der Waals surface area contributed by atoms with Gasteiger partial charge in [-0.25, -0.2) is 18.6 Å². The molecule has 12 heteroatoms. The smallest absolute Gasteiger partial charge is 0.334 e. The van der Waals surface area contributed by atoms with Gasteiger partial charge in [-0.3, -0.25) is 9.59 Å². The average Bonchev–Trinajstić information content (AvgIpc) is 3.01. The number of anilines is 1. The van der Waals surface area contributed by atoms with E-state index in [9.17, 15) is 28.3 Å². The molecule has 2 saturated heterocycles. The van der Waals surface area contributed by atoms with Crippen molar-refractivity contribution in [2.24, 2.45) is 0 Å². The van der Waals surface area contributed by atoms with E-state index in [-0.39, 0.29) is 58.2 Å². The Morgan fingerprint density at radius 1 is 1.04 bits per heavy atom. The molecule has 2 N–H and O–H groups in total. The Kier molecular flexibility index (Phi) is 10.5. The second-order valence-electron chi connectivity index (χ2n) is 11.2. The van der Waals surface area contributed by atoms with Crippen LogP contribution in [0.25, 0.3) is 0 Å². The standard InChI is InChI=1S/C33H34F2N6O4.CH4/c1-4-14-39-21-31(43)40-29(15-22-10-12-25(42)13-11-22)32(44)38(19-24-16-26(34)27(35)17-28(24)37(2)3)20-30(40)41(39)33(45)36-18-23-8-6-5-7-9-23;/h1,5-13,16-17,29-30,42H,14-15,18-21H2,2-3H3,(H,36,45);1H4/t29-,30-;/m0./s1. The minimum absolute atomic E-state index is 0. The summed E-state index contributed by atoms with van der Waals surface area (Å²) in [5.74, 6) is -0.335. The number of halogens is 2. The van der Waals surface area contributed by atoms with E-state index in [1.54, 1.807) is 31.1 Å². The second kappa shape index (κ2) is 14.3. The van der Waals surface area contributed by atoms with Crippen LogP contribution in [0.3, 0.4) is 0 Å². The van der Waals surface area contributed by atoms with Crippen molar-refractivity contribution in [3.63, 3.8) is 0 Å². The normalized spacial score (nSPS) is 18.0. The minimum Gasteiger partial charge on any atom is -0.508 e. The summed E-state index contributed by atoms with van der Waals surface area (Å²) < 4.78 is 28.7. The third-order valence-electron chi connectivity index (χ3n) is 7.93. The van der Waals surface area contributed by atoms with Gasteiger partial charge in [0.25, 0.3) is 0 Å². The highest BCUT2D eigenvalue weighted by Crippen LogP contribution is 2.31. The van der Waals surface area contributed by atoms with Crippen molar-refractivity contribution in [2.75, 3.05) is 38.6 Å². The van der Waals surface area contributed by atoms with Gasteiger partial charge >= 0.3 is 6.03 Å². The molecule has 2 aliphatic rings. The van der Waals surface area contributed by atoms with E-state index < -0.39 is 35.8 Å². The molecule has 2 aliphatic heterocycles. The molecule has 0 aliphatic carbocycles. The van der Waals surface area contributed by atoms with E-state index in [1.807, 2.05) is 30.3 Å². The maximum absolute atomic E-state index is 14.5. The predicted molar refractivity (Wildman–Crippen MR) is 170 cm³/mol. The van der Waals surface area contributed by atoms with Gasteiger partial charge in [-0.2, -0.15) is 5.01 Å². The first-order chi connectivity index (χ1) is 21.6. The van der Waals surface area contributed by atoms with Crippen LogP contribution in [0, 0.1) is 24.0 Å². The number of nitrogens with zero attached hydrogens (tertiary/aromatic N) is 5. The number of nitrogens with one attached hydrogen (secondary N) is 1. The molecule has 0 bridgehead atoms. The molecular formula is C34H38F2N6O4. The molecule has 0 radical (unpaired) electrons. The number of amides is 4. The van der Waals surface area contributed by atoms with Gasteiger partial charge in [0.2, 0.25) is 11.8 Å². The summed E-state index contributed by atoms with van der Waals surface area (Å²) in [7, 11) is 3.36. The lowest BCUT2D eigenvalue weighted by Crippen LogP contribution is -2.76. The first-order valence-electron chi connectivity index (χ1n) is 14.4. The average molecular weight is 633 g/mol. The van der Waals surface area contributed by atoms with Gasteiger partial charge < -0.3 is 25.1 Å². The number of phenols is 1. The molecule has 0 spiro atoms. The van der Waals surface area contributed by atoms with Crippen LogP contribution >= 0.6 is 0 Å². The molecule has 46 heavy (non-hydrogen) atoms. The molecule has 2 fully saturated rings. The molecular weight excluding hydrogens is 594 g/mol. The third-order valence-corrected chi connectivity index (χ3v) is 7.93. The van der Waals surface area contributed by atoms with Crippen LogP contribution in [0.2, 0.25) is 0 Å². The Labute approximate surface area is 267 Å². The predicted octanol–water partition coefficient (Wildman–Crippen LogP) is 3.56. The SMILES string of the molecule is C.C#CCN1CC(=O)N2[C@@H](Cc3ccc(O)cc3)C(=O)N(Cc3cc(F)c(F)cc3N(C)C)C[C@@H]2N1C(=O)NCc1ccccc1. The Morgan fingerprint density at radius 3 is 2.37 bits per heavy atom. The number of benzene rings is 3. The fourth-order valence-corrected chi connectivity index (χ4v) is 5.82. The number of carbonyl (C=O) groups is 3. The zero-order valence-electron chi connectivity index (χ0n) is 25.0. The molecule has 0 saturated carbocycles. The minimum atomic E-state index is -1.06. The summed E-state index contributed by atoms with van der Waals surface area (Å²) in [6.07, 6.45) is 4.77. The van der Waals surface area contributed by atoms with Crippen LogP contribution in [0.5, 0.6) is 5.75 Å². The largest absolute Gasteiger partial charge is 0.508 e. The van der Waals surface area contributed by atoms with Gasteiger partial charge in [0.1, 0.15) is 18.0 Å². The zero-order chi connectivity index (χ0) is 32.2. The van der Waals surface area contributed by atoms with Crippen molar-refractivity contribution < 1.29 is 28.3 Å². The Morgan fingerprint density at radius 2 is 1.72 bits per heavy atom. The van der Waals surface area contributed by atoms with E-state index in [1.165, 1.54) is 32.0 Å². The highest BCUT2D eigenvalue weighted by molar-refractivity contribution is 5.92. The zero-order valence-corrected chi connectivity index (χ0v) is 25.0.